The van der Waals surface area contributed by atoms with Crippen molar-refractivity contribution in [2.45, 2.75) is 39.2 Å². The Morgan fingerprint density at radius 1 is 1.28 bits per heavy atom. The second-order valence-electron chi connectivity index (χ2n) is 5.60. The first kappa shape index (κ1) is 18.9. The number of amides is 2. The van der Waals surface area contributed by atoms with Crippen molar-refractivity contribution in [1.29, 1.82) is 0 Å². The van der Waals surface area contributed by atoms with Gasteiger partial charge in [-0.2, -0.15) is 4.98 Å². The van der Waals surface area contributed by atoms with Crippen LogP contribution in [0.2, 0.25) is 5.02 Å². The highest BCUT2D eigenvalue weighted by molar-refractivity contribution is 6.30. The molecule has 0 bridgehead atoms. The van der Waals surface area contributed by atoms with Gasteiger partial charge < -0.3 is 15.2 Å². The summed E-state index contributed by atoms with van der Waals surface area (Å²) in [7, 11) is 0. The SMILES string of the molecule is CCCNC(=O)[C@H](C)NC(=O)CCc1nc(-c2ccc(Cl)cc2)no1. The Labute approximate surface area is 151 Å². The van der Waals surface area contributed by atoms with Gasteiger partial charge in [0.25, 0.3) is 0 Å². The van der Waals surface area contributed by atoms with Crippen LogP contribution < -0.4 is 10.6 Å². The number of aryl methyl sites for hydroxylation is 1. The van der Waals surface area contributed by atoms with Crippen molar-refractivity contribution >= 4 is 23.4 Å². The molecule has 0 aliphatic heterocycles. The summed E-state index contributed by atoms with van der Waals surface area (Å²) in [6.45, 7) is 4.20. The molecule has 1 atom stereocenters. The van der Waals surface area contributed by atoms with Crippen LogP contribution in [0.5, 0.6) is 0 Å². The predicted octanol–water partition coefficient (Wildman–Crippen LogP) is 2.35. The number of aromatic nitrogens is 2. The lowest BCUT2D eigenvalue weighted by molar-refractivity contribution is -0.128. The van der Waals surface area contributed by atoms with E-state index in [0.717, 1.165) is 12.0 Å². The minimum atomic E-state index is -0.577. The first-order valence-corrected chi connectivity index (χ1v) is 8.53. The summed E-state index contributed by atoms with van der Waals surface area (Å²) in [6.07, 6.45) is 1.31. The quantitative estimate of drug-likeness (QED) is 0.749. The molecule has 2 N–H and O–H groups in total. The van der Waals surface area contributed by atoms with Gasteiger partial charge >= 0.3 is 0 Å². The maximum atomic E-state index is 11.9. The molecule has 1 aromatic heterocycles. The molecular weight excluding hydrogens is 344 g/mol. The van der Waals surface area contributed by atoms with E-state index in [1.54, 1.807) is 31.2 Å². The minimum Gasteiger partial charge on any atom is -0.354 e. The fraction of sp³-hybridized carbons (Fsp3) is 0.412. The van der Waals surface area contributed by atoms with Crippen LogP contribution in [0.25, 0.3) is 11.4 Å². The third-order valence-electron chi connectivity index (χ3n) is 3.46. The highest BCUT2D eigenvalue weighted by Gasteiger charge is 2.16. The van der Waals surface area contributed by atoms with Crippen LogP contribution in [0.4, 0.5) is 0 Å². The molecule has 0 unspecified atom stereocenters. The number of nitrogens with one attached hydrogen (secondary N) is 2. The van der Waals surface area contributed by atoms with Gasteiger partial charge in [0.15, 0.2) is 0 Å². The molecule has 7 nitrogen and oxygen atoms in total. The Bertz CT molecular complexity index is 715. The molecule has 0 saturated carbocycles. The molecule has 2 rings (SSSR count). The predicted molar refractivity (Wildman–Crippen MR) is 94.0 cm³/mol. The Morgan fingerprint density at radius 3 is 2.68 bits per heavy atom. The smallest absolute Gasteiger partial charge is 0.242 e. The van der Waals surface area contributed by atoms with E-state index in [9.17, 15) is 9.59 Å². The maximum absolute atomic E-state index is 11.9. The monoisotopic (exact) mass is 364 g/mol. The second kappa shape index (κ2) is 9.17. The van der Waals surface area contributed by atoms with Crippen LogP contribution in [0.1, 0.15) is 32.6 Å². The highest BCUT2D eigenvalue weighted by Crippen LogP contribution is 2.18. The third kappa shape index (κ3) is 5.86. The van der Waals surface area contributed by atoms with Crippen molar-refractivity contribution in [2.24, 2.45) is 0 Å². The number of benzene rings is 1. The lowest BCUT2D eigenvalue weighted by Crippen LogP contribution is -2.45. The van der Waals surface area contributed by atoms with Gasteiger partial charge in [-0.3, -0.25) is 9.59 Å². The van der Waals surface area contributed by atoms with Crippen LogP contribution in [-0.4, -0.2) is 34.5 Å². The zero-order chi connectivity index (χ0) is 18.2. The van der Waals surface area contributed by atoms with Gasteiger partial charge in [0, 0.05) is 30.0 Å². The summed E-state index contributed by atoms with van der Waals surface area (Å²) < 4.78 is 5.15. The summed E-state index contributed by atoms with van der Waals surface area (Å²) in [5, 5.41) is 9.90. The van der Waals surface area contributed by atoms with Gasteiger partial charge in [0.2, 0.25) is 23.5 Å². The second-order valence-corrected chi connectivity index (χ2v) is 6.04. The summed E-state index contributed by atoms with van der Waals surface area (Å²) in [5.74, 6) is 0.367. The lowest BCUT2D eigenvalue weighted by Gasteiger charge is -2.13. The molecule has 0 fully saturated rings. The molecule has 0 saturated heterocycles. The largest absolute Gasteiger partial charge is 0.354 e. The highest BCUT2D eigenvalue weighted by atomic mass is 35.5. The van der Waals surface area contributed by atoms with Crippen molar-refractivity contribution in [3.63, 3.8) is 0 Å². The van der Waals surface area contributed by atoms with E-state index < -0.39 is 6.04 Å². The summed E-state index contributed by atoms with van der Waals surface area (Å²) in [6, 6.07) is 6.49. The van der Waals surface area contributed by atoms with E-state index in [2.05, 4.69) is 20.8 Å². The van der Waals surface area contributed by atoms with E-state index >= 15 is 0 Å². The molecule has 2 aromatic rings. The van der Waals surface area contributed by atoms with Crippen molar-refractivity contribution < 1.29 is 14.1 Å². The summed E-state index contributed by atoms with van der Waals surface area (Å²) in [4.78, 5) is 27.9. The van der Waals surface area contributed by atoms with Crippen LogP contribution in [0, 0.1) is 0 Å². The fourth-order valence-corrected chi connectivity index (χ4v) is 2.20. The van der Waals surface area contributed by atoms with Gasteiger partial charge in [0.1, 0.15) is 6.04 Å². The Balaban J connectivity index is 1.82. The minimum absolute atomic E-state index is 0.160. The number of carbonyl (C=O) groups is 2. The average molecular weight is 365 g/mol. The van der Waals surface area contributed by atoms with E-state index in [1.807, 2.05) is 6.92 Å². The van der Waals surface area contributed by atoms with E-state index in [0.29, 0.717) is 29.7 Å². The van der Waals surface area contributed by atoms with Crippen LogP contribution in [0.15, 0.2) is 28.8 Å². The Kier molecular flexibility index (Phi) is 6.94. The van der Waals surface area contributed by atoms with Crippen molar-refractivity contribution in [3.8, 4) is 11.4 Å². The molecule has 2 amide bonds. The molecule has 0 aliphatic carbocycles. The molecule has 1 aromatic carbocycles. The van der Waals surface area contributed by atoms with Gasteiger partial charge in [-0.25, -0.2) is 0 Å². The zero-order valence-corrected chi connectivity index (χ0v) is 15.0. The van der Waals surface area contributed by atoms with Crippen molar-refractivity contribution in [3.05, 3.63) is 35.2 Å². The van der Waals surface area contributed by atoms with Gasteiger partial charge in [-0.1, -0.05) is 23.7 Å². The Hall–Kier alpha value is -2.41. The maximum Gasteiger partial charge on any atom is 0.242 e. The number of halogens is 1. The molecule has 0 spiro atoms. The van der Waals surface area contributed by atoms with Gasteiger partial charge in [-0.15, -0.1) is 0 Å². The number of hydrogen-bond acceptors (Lipinski definition) is 5. The Morgan fingerprint density at radius 2 is 2.00 bits per heavy atom. The molecular formula is C17H21ClN4O3. The topological polar surface area (TPSA) is 97.1 Å². The first-order chi connectivity index (χ1) is 12.0. The molecule has 25 heavy (non-hydrogen) atoms. The van der Waals surface area contributed by atoms with Crippen LogP contribution >= 0.6 is 11.6 Å². The molecule has 8 heteroatoms. The molecule has 134 valence electrons. The molecule has 1 heterocycles. The van der Waals surface area contributed by atoms with Gasteiger partial charge in [-0.05, 0) is 37.6 Å². The lowest BCUT2D eigenvalue weighted by atomic mass is 10.2. The normalized spacial score (nSPS) is 11.8. The zero-order valence-electron chi connectivity index (χ0n) is 14.2. The van der Waals surface area contributed by atoms with E-state index in [4.69, 9.17) is 16.1 Å². The first-order valence-electron chi connectivity index (χ1n) is 8.15. The number of hydrogen-bond donors (Lipinski definition) is 2. The summed E-state index contributed by atoms with van der Waals surface area (Å²) in [5.41, 5.74) is 0.782. The van der Waals surface area contributed by atoms with Crippen molar-refractivity contribution in [1.82, 2.24) is 20.8 Å². The fourth-order valence-electron chi connectivity index (χ4n) is 2.07. The van der Waals surface area contributed by atoms with Crippen molar-refractivity contribution in [2.75, 3.05) is 6.54 Å². The van der Waals surface area contributed by atoms with E-state index in [-0.39, 0.29) is 18.2 Å². The third-order valence-corrected chi connectivity index (χ3v) is 3.71. The van der Waals surface area contributed by atoms with Crippen LogP contribution in [0.3, 0.4) is 0 Å². The van der Waals surface area contributed by atoms with Crippen LogP contribution in [-0.2, 0) is 16.0 Å². The van der Waals surface area contributed by atoms with E-state index in [1.165, 1.54) is 0 Å². The average Bonchev–Trinajstić information content (AvgIpc) is 3.07. The number of rotatable bonds is 8. The number of nitrogens with zero attached hydrogens (tertiary/aromatic N) is 2. The molecule has 0 radical (unpaired) electrons. The standard InChI is InChI=1S/C17H21ClN4O3/c1-3-10-19-17(24)11(2)20-14(23)8-9-15-21-16(22-25-15)12-4-6-13(18)7-5-12/h4-7,11H,3,8-10H2,1-2H3,(H,19,24)(H,20,23)/t11-/m0/s1. The van der Waals surface area contributed by atoms with Gasteiger partial charge in [0.05, 0.1) is 0 Å². The summed E-state index contributed by atoms with van der Waals surface area (Å²) >= 11 is 5.84. The molecule has 0 aliphatic rings. The number of carbonyl (C=O) groups excluding carboxylic acids is 2.